The standard InChI is InChI=1S/C17H18F2N2O3S/c1-12-3-5-13(6-4-12)10-21(25(2,23)24)11-17(22)20-14-7-8-15(18)16(19)9-14/h3-9H,10-11H2,1-2H3,(H,20,22). The molecule has 0 spiro atoms. The predicted molar refractivity (Wildman–Crippen MR) is 91.4 cm³/mol. The van der Waals surface area contributed by atoms with E-state index < -0.39 is 34.1 Å². The molecule has 134 valence electrons. The van der Waals surface area contributed by atoms with Gasteiger partial charge in [0.1, 0.15) is 0 Å². The molecule has 0 aliphatic rings. The van der Waals surface area contributed by atoms with Crippen molar-refractivity contribution in [2.75, 3.05) is 18.1 Å². The van der Waals surface area contributed by atoms with Crippen LogP contribution in [0.3, 0.4) is 0 Å². The van der Waals surface area contributed by atoms with Gasteiger partial charge in [-0.2, -0.15) is 4.31 Å². The van der Waals surface area contributed by atoms with Gasteiger partial charge in [0.2, 0.25) is 15.9 Å². The minimum Gasteiger partial charge on any atom is -0.325 e. The Morgan fingerprint density at radius 3 is 2.28 bits per heavy atom. The number of hydrogen-bond donors (Lipinski definition) is 1. The van der Waals surface area contributed by atoms with Gasteiger partial charge in [0.15, 0.2) is 11.6 Å². The first kappa shape index (κ1) is 19.0. The summed E-state index contributed by atoms with van der Waals surface area (Å²) in [6.45, 7) is 1.50. The van der Waals surface area contributed by atoms with Crippen molar-refractivity contribution < 1.29 is 22.0 Å². The van der Waals surface area contributed by atoms with E-state index in [0.29, 0.717) is 0 Å². The van der Waals surface area contributed by atoms with E-state index in [9.17, 15) is 22.0 Å². The molecule has 5 nitrogen and oxygen atoms in total. The minimum atomic E-state index is -3.64. The van der Waals surface area contributed by atoms with Crippen LogP contribution in [0.2, 0.25) is 0 Å². The molecule has 0 saturated carbocycles. The molecule has 0 unspecified atom stereocenters. The Kier molecular flexibility index (Phi) is 5.86. The summed E-state index contributed by atoms with van der Waals surface area (Å²) < 4.78 is 50.9. The molecule has 0 fully saturated rings. The largest absolute Gasteiger partial charge is 0.325 e. The van der Waals surface area contributed by atoms with Gasteiger partial charge in [-0.05, 0) is 24.6 Å². The average molecular weight is 368 g/mol. The van der Waals surface area contributed by atoms with Gasteiger partial charge in [-0.3, -0.25) is 4.79 Å². The van der Waals surface area contributed by atoms with E-state index in [2.05, 4.69) is 5.32 Å². The Bertz CT molecular complexity index is 868. The van der Waals surface area contributed by atoms with Gasteiger partial charge in [0.25, 0.3) is 0 Å². The smallest absolute Gasteiger partial charge is 0.239 e. The fourth-order valence-electron chi connectivity index (χ4n) is 2.12. The first-order chi connectivity index (χ1) is 11.6. The van der Waals surface area contributed by atoms with Crippen molar-refractivity contribution in [3.05, 3.63) is 65.2 Å². The SMILES string of the molecule is Cc1ccc(CN(CC(=O)Nc2ccc(F)c(F)c2)S(C)(=O)=O)cc1. The second kappa shape index (κ2) is 7.71. The molecule has 0 aliphatic heterocycles. The quantitative estimate of drug-likeness (QED) is 0.853. The molecule has 25 heavy (non-hydrogen) atoms. The molecule has 1 amide bonds. The van der Waals surface area contributed by atoms with E-state index in [1.807, 2.05) is 19.1 Å². The minimum absolute atomic E-state index is 0.0321. The number of benzene rings is 2. The third kappa shape index (κ3) is 5.61. The molecule has 0 heterocycles. The highest BCUT2D eigenvalue weighted by Gasteiger charge is 2.20. The molecule has 8 heteroatoms. The fraction of sp³-hybridized carbons (Fsp3) is 0.235. The highest BCUT2D eigenvalue weighted by Crippen LogP contribution is 2.14. The molecule has 0 atom stereocenters. The van der Waals surface area contributed by atoms with Gasteiger partial charge in [-0.25, -0.2) is 17.2 Å². The van der Waals surface area contributed by atoms with Crippen LogP contribution in [0, 0.1) is 18.6 Å². The van der Waals surface area contributed by atoms with E-state index in [0.717, 1.165) is 33.8 Å². The molecule has 0 radical (unpaired) electrons. The van der Waals surface area contributed by atoms with Gasteiger partial charge < -0.3 is 5.32 Å². The number of amides is 1. The van der Waals surface area contributed by atoms with E-state index >= 15 is 0 Å². The maximum Gasteiger partial charge on any atom is 0.239 e. The van der Waals surface area contributed by atoms with Gasteiger partial charge in [-0.1, -0.05) is 29.8 Å². The highest BCUT2D eigenvalue weighted by atomic mass is 32.2. The number of sulfonamides is 1. The van der Waals surface area contributed by atoms with Crippen molar-refractivity contribution >= 4 is 21.6 Å². The molecule has 0 saturated heterocycles. The van der Waals surface area contributed by atoms with Crippen LogP contribution in [0.1, 0.15) is 11.1 Å². The number of rotatable bonds is 6. The van der Waals surface area contributed by atoms with Crippen LogP contribution < -0.4 is 5.32 Å². The molecule has 0 bridgehead atoms. The zero-order chi connectivity index (χ0) is 18.6. The Balaban J connectivity index is 2.09. The van der Waals surface area contributed by atoms with Crippen molar-refractivity contribution in [1.29, 1.82) is 0 Å². The molecule has 2 aromatic carbocycles. The van der Waals surface area contributed by atoms with Crippen LogP contribution in [-0.2, 0) is 21.4 Å². The van der Waals surface area contributed by atoms with Crippen molar-refractivity contribution in [2.24, 2.45) is 0 Å². The van der Waals surface area contributed by atoms with Crippen LogP contribution in [-0.4, -0.2) is 31.4 Å². The summed E-state index contributed by atoms with van der Waals surface area (Å²) in [7, 11) is -3.64. The third-order valence-electron chi connectivity index (χ3n) is 3.47. The van der Waals surface area contributed by atoms with Crippen LogP contribution in [0.25, 0.3) is 0 Å². The lowest BCUT2D eigenvalue weighted by Gasteiger charge is -2.19. The Hall–Kier alpha value is -2.32. The third-order valence-corrected chi connectivity index (χ3v) is 4.67. The maximum absolute atomic E-state index is 13.2. The molecular formula is C17H18F2N2O3S. The summed E-state index contributed by atoms with van der Waals surface area (Å²) in [5, 5.41) is 2.36. The monoisotopic (exact) mass is 368 g/mol. The predicted octanol–water partition coefficient (Wildman–Crippen LogP) is 2.67. The van der Waals surface area contributed by atoms with Crippen LogP contribution in [0.4, 0.5) is 14.5 Å². The average Bonchev–Trinajstić information content (AvgIpc) is 2.51. The van der Waals surface area contributed by atoms with Gasteiger partial charge >= 0.3 is 0 Å². The van der Waals surface area contributed by atoms with E-state index in [1.54, 1.807) is 12.1 Å². The molecule has 0 aromatic heterocycles. The molecule has 2 rings (SSSR count). The number of nitrogens with one attached hydrogen (secondary N) is 1. The number of carbonyl (C=O) groups excluding carboxylic acids is 1. The van der Waals surface area contributed by atoms with Crippen molar-refractivity contribution in [3.8, 4) is 0 Å². The van der Waals surface area contributed by atoms with E-state index in [1.165, 1.54) is 6.07 Å². The van der Waals surface area contributed by atoms with E-state index in [4.69, 9.17) is 0 Å². The summed E-state index contributed by atoms with van der Waals surface area (Å²) in [5.41, 5.74) is 1.81. The summed E-state index contributed by atoms with van der Waals surface area (Å²) in [6.07, 6.45) is 1.01. The summed E-state index contributed by atoms with van der Waals surface area (Å²) in [5.74, 6) is -2.78. The second-order valence-corrected chi connectivity index (χ2v) is 7.68. The number of carbonyl (C=O) groups is 1. The Morgan fingerprint density at radius 2 is 1.72 bits per heavy atom. The molecular weight excluding hydrogens is 350 g/mol. The van der Waals surface area contributed by atoms with Crippen LogP contribution >= 0.6 is 0 Å². The zero-order valence-corrected chi connectivity index (χ0v) is 14.6. The summed E-state index contributed by atoms with van der Waals surface area (Å²) in [4.78, 5) is 12.1. The topological polar surface area (TPSA) is 66.5 Å². The van der Waals surface area contributed by atoms with Crippen molar-refractivity contribution in [2.45, 2.75) is 13.5 Å². The summed E-state index contributed by atoms with van der Waals surface area (Å²) >= 11 is 0. The molecule has 0 aliphatic carbocycles. The zero-order valence-electron chi connectivity index (χ0n) is 13.8. The normalized spacial score (nSPS) is 11.6. The number of halogens is 2. The first-order valence-corrected chi connectivity index (χ1v) is 9.25. The number of hydrogen-bond acceptors (Lipinski definition) is 3. The highest BCUT2D eigenvalue weighted by molar-refractivity contribution is 7.88. The molecule has 1 N–H and O–H groups in total. The number of nitrogens with zero attached hydrogens (tertiary/aromatic N) is 1. The van der Waals surface area contributed by atoms with Gasteiger partial charge in [0.05, 0.1) is 12.8 Å². The van der Waals surface area contributed by atoms with Gasteiger partial charge in [-0.15, -0.1) is 0 Å². The number of aryl methyl sites for hydroxylation is 1. The van der Waals surface area contributed by atoms with Crippen LogP contribution in [0.5, 0.6) is 0 Å². The lowest BCUT2D eigenvalue weighted by atomic mass is 10.1. The Labute approximate surface area is 145 Å². The van der Waals surface area contributed by atoms with Crippen molar-refractivity contribution in [3.63, 3.8) is 0 Å². The Morgan fingerprint density at radius 1 is 1.08 bits per heavy atom. The number of anilines is 1. The van der Waals surface area contributed by atoms with E-state index in [-0.39, 0.29) is 12.2 Å². The van der Waals surface area contributed by atoms with Gasteiger partial charge in [0, 0.05) is 18.3 Å². The lowest BCUT2D eigenvalue weighted by molar-refractivity contribution is -0.116. The molecule has 2 aromatic rings. The van der Waals surface area contributed by atoms with Crippen molar-refractivity contribution in [1.82, 2.24) is 4.31 Å². The fourth-order valence-corrected chi connectivity index (χ4v) is 2.86. The lowest BCUT2D eigenvalue weighted by Crippen LogP contribution is -2.36. The maximum atomic E-state index is 13.2. The van der Waals surface area contributed by atoms with Crippen LogP contribution in [0.15, 0.2) is 42.5 Å². The first-order valence-electron chi connectivity index (χ1n) is 7.41. The summed E-state index contributed by atoms with van der Waals surface area (Å²) in [6, 6.07) is 10.2. The second-order valence-electron chi connectivity index (χ2n) is 5.69.